The van der Waals surface area contributed by atoms with E-state index in [-0.39, 0.29) is 10.8 Å². The number of ether oxygens (including phenoxy) is 2. The van der Waals surface area contributed by atoms with E-state index in [0.717, 1.165) is 33.5 Å². The molecule has 0 radical (unpaired) electrons. The summed E-state index contributed by atoms with van der Waals surface area (Å²) < 4.78 is 21.6. The van der Waals surface area contributed by atoms with Gasteiger partial charge < -0.3 is 29.2 Å². The quantitative estimate of drug-likeness (QED) is 0.144. The van der Waals surface area contributed by atoms with Gasteiger partial charge in [-0.25, -0.2) is 0 Å². The lowest BCUT2D eigenvalue weighted by atomic mass is 9.88. The largest absolute Gasteiger partial charge is 0.496 e. The molecule has 2 aromatic carbocycles. The van der Waals surface area contributed by atoms with Gasteiger partial charge in [0.05, 0.1) is 24.3 Å². The summed E-state index contributed by atoms with van der Waals surface area (Å²) in [5, 5.41) is 17.4. The van der Waals surface area contributed by atoms with Gasteiger partial charge in [-0.2, -0.15) is 0 Å². The van der Waals surface area contributed by atoms with E-state index < -0.39 is 0 Å². The molecule has 0 bridgehead atoms. The molecule has 0 fully saturated rings. The Kier molecular flexibility index (Phi) is 10.4. The van der Waals surface area contributed by atoms with Crippen molar-refractivity contribution >= 4 is 56.8 Å². The number of hydrogen-bond acceptors (Lipinski definition) is 10. The number of nitrogens with zero attached hydrogens (tertiary/aromatic N) is 4. The van der Waals surface area contributed by atoms with E-state index in [4.69, 9.17) is 41.7 Å². The average Bonchev–Trinajstić information content (AvgIpc) is 3.69. The molecule has 6 aromatic rings. The maximum atomic E-state index is 6.20. The molecule has 0 atom stereocenters. The molecule has 2 N–H and O–H groups in total. The molecule has 10 nitrogen and oxygen atoms in total. The number of fused-ring (bicyclic) bond motifs is 2. The third kappa shape index (κ3) is 7.45. The summed E-state index contributed by atoms with van der Waals surface area (Å²) >= 11 is 12.4. The maximum Gasteiger partial charge on any atom is 0.191 e. The van der Waals surface area contributed by atoms with E-state index in [0.29, 0.717) is 57.4 Å². The Morgan fingerprint density at radius 1 is 0.667 bits per heavy atom. The Bertz CT molecular complexity index is 1980. The second-order valence-electron chi connectivity index (χ2n) is 12.8. The molecular formula is C36H40Cl2N6O4. The van der Waals surface area contributed by atoms with Crippen molar-refractivity contribution in [3.8, 4) is 11.5 Å². The number of aryl methyl sites for hydroxylation is 2. The third-order valence-corrected chi connectivity index (χ3v) is 8.66. The first-order chi connectivity index (χ1) is 22.8. The SMILES string of the molecule is COc1c(Cl)ccc2onc(NCC(C)(C)c3cccc(C)n3)c12.COc1ccc(Cl)c2onc(NCC(C)(C)c3cccc(C)n3)c12. The Hall–Kier alpha value is -4.54. The molecule has 0 saturated heterocycles. The van der Waals surface area contributed by atoms with Crippen LogP contribution in [0.5, 0.6) is 11.5 Å². The Morgan fingerprint density at radius 2 is 1.21 bits per heavy atom. The van der Waals surface area contributed by atoms with Crippen LogP contribution in [0.1, 0.15) is 50.5 Å². The van der Waals surface area contributed by atoms with Crippen LogP contribution in [0.15, 0.2) is 69.7 Å². The molecule has 0 unspecified atom stereocenters. The summed E-state index contributed by atoms with van der Waals surface area (Å²) in [7, 11) is 3.19. The van der Waals surface area contributed by atoms with E-state index in [1.54, 1.807) is 38.5 Å². The van der Waals surface area contributed by atoms with Gasteiger partial charge in [-0.1, -0.05) is 73.3 Å². The van der Waals surface area contributed by atoms with E-state index in [9.17, 15) is 0 Å². The average molecular weight is 692 g/mol. The van der Waals surface area contributed by atoms with E-state index in [2.05, 4.69) is 58.6 Å². The third-order valence-electron chi connectivity index (χ3n) is 8.06. The van der Waals surface area contributed by atoms with Crippen LogP contribution in [-0.2, 0) is 10.8 Å². The zero-order valence-electron chi connectivity index (χ0n) is 28.4. The van der Waals surface area contributed by atoms with E-state index >= 15 is 0 Å². The second-order valence-corrected chi connectivity index (χ2v) is 13.6. The van der Waals surface area contributed by atoms with Crippen LogP contribution in [0.3, 0.4) is 0 Å². The van der Waals surface area contributed by atoms with Crippen LogP contribution in [0.4, 0.5) is 11.6 Å². The highest BCUT2D eigenvalue weighted by atomic mass is 35.5. The maximum absolute atomic E-state index is 6.20. The summed E-state index contributed by atoms with van der Waals surface area (Å²) in [5.74, 6) is 2.46. The Balaban J connectivity index is 0.000000188. The zero-order chi connectivity index (χ0) is 34.6. The fourth-order valence-corrected chi connectivity index (χ4v) is 5.64. The molecule has 0 aliphatic rings. The second kappa shape index (κ2) is 14.3. The first kappa shape index (κ1) is 34.8. The molecule has 252 valence electrons. The van der Waals surface area contributed by atoms with Crippen LogP contribution >= 0.6 is 23.2 Å². The first-order valence-electron chi connectivity index (χ1n) is 15.4. The monoisotopic (exact) mass is 690 g/mol. The number of halogens is 2. The number of anilines is 2. The molecule has 6 rings (SSSR count). The highest BCUT2D eigenvalue weighted by Gasteiger charge is 2.26. The predicted octanol–water partition coefficient (Wildman–Crippen LogP) is 9.17. The van der Waals surface area contributed by atoms with Crippen molar-refractivity contribution in [3.63, 3.8) is 0 Å². The minimum atomic E-state index is -0.177. The van der Waals surface area contributed by atoms with Crippen LogP contribution in [0.25, 0.3) is 21.9 Å². The van der Waals surface area contributed by atoms with Gasteiger partial charge in [-0.3, -0.25) is 9.97 Å². The lowest BCUT2D eigenvalue weighted by Gasteiger charge is -2.24. The highest BCUT2D eigenvalue weighted by molar-refractivity contribution is 6.35. The van der Waals surface area contributed by atoms with Crippen molar-refractivity contribution in [1.82, 2.24) is 20.3 Å². The lowest BCUT2D eigenvalue weighted by Crippen LogP contribution is -2.29. The van der Waals surface area contributed by atoms with Gasteiger partial charge in [-0.15, -0.1) is 0 Å². The molecule has 4 heterocycles. The van der Waals surface area contributed by atoms with Crippen LogP contribution in [0, 0.1) is 13.8 Å². The van der Waals surface area contributed by atoms with Crippen molar-refractivity contribution in [2.75, 3.05) is 37.9 Å². The van der Waals surface area contributed by atoms with Crippen molar-refractivity contribution in [2.45, 2.75) is 52.4 Å². The molecular weight excluding hydrogens is 651 g/mol. The number of benzene rings is 2. The van der Waals surface area contributed by atoms with Crippen molar-refractivity contribution in [3.05, 3.63) is 93.5 Å². The number of rotatable bonds is 10. The van der Waals surface area contributed by atoms with Crippen molar-refractivity contribution in [1.29, 1.82) is 0 Å². The molecule has 0 spiro atoms. The molecule has 12 heteroatoms. The fourth-order valence-electron chi connectivity index (χ4n) is 5.21. The van der Waals surface area contributed by atoms with Gasteiger partial charge in [0.15, 0.2) is 28.6 Å². The zero-order valence-corrected chi connectivity index (χ0v) is 29.9. The minimum Gasteiger partial charge on any atom is -0.496 e. The fraction of sp³-hybridized carbons (Fsp3) is 0.333. The predicted molar refractivity (Wildman–Crippen MR) is 192 cm³/mol. The van der Waals surface area contributed by atoms with Crippen LogP contribution < -0.4 is 20.1 Å². The van der Waals surface area contributed by atoms with Gasteiger partial charge in [0.25, 0.3) is 0 Å². The normalized spacial score (nSPS) is 11.7. The Labute approximate surface area is 290 Å². The van der Waals surface area contributed by atoms with Gasteiger partial charge >= 0.3 is 0 Å². The van der Waals surface area contributed by atoms with Gasteiger partial charge in [0, 0.05) is 46.7 Å². The van der Waals surface area contributed by atoms with Crippen LogP contribution in [-0.4, -0.2) is 47.6 Å². The molecule has 4 aromatic heterocycles. The Morgan fingerprint density at radius 3 is 1.75 bits per heavy atom. The number of hydrogen-bond donors (Lipinski definition) is 2. The van der Waals surface area contributed by atoms with Gasteiger partial charge in [-0.05, 0) is 62.4 Å². The first-order valence-corrected chi connectivity index (χ1v) is 16.2. The summed E-state index contributed by atoms with van der Waals surface area (Å²) in [6.45, 7) is 13.8. The van der Waals surface area contributed by atoms with Crippen LogP contribution in [0.2, 0.25) is 10.0 Å². The minimum absolute atomic E-state index is 0.177. The van der Waals surface area contributed by atoms with E-state index in [1.807, 2.05) is 50.2 Å². The molecule has 0 aliphatic heterocycles. The number of methoxy groups -OCH3 is 2. The van der Waals surface area contributed by atoms with Gasteiger partial charge in [0.2, 0.25) is 0 Å². The van der Waals surface area contributed by atoms with Crippen molar-refractivity contribution in [2.24, 2.45) is 0 Å². The molecule has 0 amide bonds. The molecule has 48 heavy (non-hydrogen) atoms. The summed E-state index contributed by atoms with van der Waals surface area (Å²) in [6.07, 6.45) is 0. The molecule has 0 saturated carbocycles. The van der Waals surface area contributed by atoms with Gasteiger partial charge in [0.1, 0.15) is 16.5 Å². The lowest BCUT2D eigenvalue weighted by molar-refractivity contribution is 0.419. The van der Waals surface area contributed by atoms with Crippen molar-refractivity contribution < 1.29 is 18.5 Å². The summed E-state index contributed by atoms with van der Waals surface area (Å²) in [5.41, 5.74) is 4.84. The summed E-state index contributed by atoms with van der Waals surface area (Å²) in [4.78, 5) is 9.25. The highest BCUT2D eigenvalue weighted by Crippen LogP contribution is 2.39. The number of aromatic nitrogens is 4. The number of pyridine rings is 2. The summed E-state index contributed by atoms with van der Waals surface area (Å²) in [6, 6.07) is 19.2. The topological polar surface area (TPSA) is 120 Å². The standard InChI is InChI=1S/2C18H20ClN3O2/c1-11-6-5-7-14(21-11)18(2,3)10-20-17-15-13(24-22-17)9-8-12(19)16(15)23-4;1-11-6-5-7-14(21-11)18(2,3)10-20-17-15-13(23-4)9-8-12(19)16(15)24-22-17/h2*5-9H,10H2,1-4H3,(H,20,22). The molecule has 0 aliphatic carbocycles. The number of nitrogens with one attached hydrogen (secondary N) is 2. The smallest absolute Gasteiger partial charge is 0.191 e. The van der Waals surface area contributed by atoms with E-state index in [1.165, 1.54) is 0 Å².